The summed E-state index contributed by atoms with van der Waals surface area (Å²) in [5.41, 5.74) is 1.25. The molecule has 1 saturated heterocycles. The number of anilines is 1. The molecule has 2 unspecified atom stereocenters. The number of nitrogens with one attached hydrogen (secondary N) is 1. The number of nitrogens with zero attached hydrogens (tertiary/aromatic N) is 1. The molecule has 1 fully saturated rings. The Hall–Kier alpha value is -1.02. The van der Waals surface area contributed by atoms with Crippen LogP contribution >= 0.6 is 0 Å². The molecule has 2 rings (SSSR count). The smallest absolute Gasteiger partial charge is 0.0342 e. The van der Waals surface area contributed by atoms with E-state index in [2.05, 4.69) is 54.5 Å². The minimum atomic E-state index is 0.628. The first-order chi connectivity index (χ1) is 7.25. The van der Waals surface area contributed by atoms with Crippen molar-refractivity contribution in [2.45, 2.75) is 19.4 Å². The second kappa shape index (κ2) is 4.67. The first kappa shape index (κ1) is 10.5. The third-order valence-electron chi connectivity index (χ3n) is 3.23. The van der Waals surface area contributed by atoms with Crippen LogP contribution in [0.1, 0.15) is 13.3 Å². The van der Waals surface area contributed by atoms with Crippen molar-refractivity contribution in [1.82, 2.24) is 4.90 Å². The van der Waals surface area contributed by atoms with Gasteiger partial charge in [0.15, 0.2) is 0 Å². The van der Waals surface area contributed by atoms with Crippen molar-refractivity contribution >= 4 is 5.69 Å². The molecule has 0 radical (unpaired) electrons. The van der Waals surface area contributed by atoms with Gasteiger partial charge in [0, 0.05) is 18.3 Å². The van der Waals surface area contributed by atoms with E-state index in [0.717, 1.165) is 5.92 Å². The molecule has 0 aliphatic carbocycles. The van der Waals surface area contributed by atoms with Gasteiger partial charge in [0.1, 0.15) is 0 Å². The van der Waals surface area contributed by atoms with Crippen molar-refractivity contribution in [3.05, 3.63) is 30.3 Å². The molecule has 2 heteroatoms. The third-order valence-corrected chi connectivity index (χ3v) is 3.23. The zero-order valence-electron chi connectivity index (χ0n) is 9.61. The molecule has 1 heterocycles. The van der Waals surface area contributed by atoms with Crippen LogP contribution in [0.3, 0.4) is 0 Å². The Morgan fingerprint density at radius 1 is 1.27 bits per heavy atom. The van der Waals surface area contributed by atoms with Gasteiger partial charge in [0.05, 0.1) is 0 Å². The number of hydrogen-bond donors (Lipinski definition) is 1. The van der Waals surface area contributed by atoms with Crippen LogP contribution in [0.4, 0.5) is 5.69 Å². The third kappa shape index (κ3) is 2.72. The summed E-state index contributed by atoms with van der Waals surface area (Å²) >= 11 is 0. The average Bonchev–Trinajstić information content (AvgIpc) is 2.24. The number of hydrogen-bond acceptors (Lipinski definition) is 2. The molecular formula is C13H20N2. The van der Waals surface area contributed by atoms with Crippen molar-refractivity contribution in [3.63, 3.8) is 0 Å². The van der Waals surface area contributed by atoms with E-state index >= 15 is 0 Å². The van der Waals surface area contributed by atoms with Crippen molar-refractivity contribution in [2.75, 3.05) is 25.5 Å². The summed E-state index contributed by atoms with van der Waals surface area (Å²) < 4.78 is 0. The van der Waals surface area contributed by atoms with E-state index in [1.54, 1.807) is 0 Å². The van der Waals surface area contributed by atoms with E-state index in [1.807, 2.05) is 0 Å². The minimum Gasteiger partial charge on any atom is -0.382 e. The number of benzene rings is 1. The van der Waals surface area contributed by atoms with Crippen LogP contribution in [0, 0.1) is 5.92 Å². The van der Waals surface area contributed by atoms with Crippen LogP contribution in [-0.2, 0) is 0 Å². The zero-order valence-corrected chi connectivity index (χ0v) is 9.61. The molecule has 0 spiro atoms. The summed E-state index contributed by atoms with van der Waals surface area (Å²) in [7, 11) is 2.20. The van der Waals surface area contributed by atoms with Crippen LogP contribution in [0.25, 0.3) is 0 Å². The average molecular weight is 204 g/mol. The summed E-state index contributed by atoms with van der Waals surface area (Å²) in [6.07, 6.45) is 1.24. The van der Waals surface area contributed by atoms with E-state index in [4.69, 9.17) is 0 Å². The lowest BCUT2D eigenvalue weighted by Gasteiger charge is -2.35. The highest BCUT2D eigenvalue weighted by atomic mass is 15.1. The van der Waals surface area contributed by atoms with Crippen LogP contribution in [0.15, 0.2) is 30.3 Å². The zero-order chi connectivity index (χ0) is 10.7. The summed E-state index contributed by atoms with van der Waals surface area (Å²) in [5.74, 6) is 0.726. The molecule has 15 heavy (non-hydrogen) atoms. The predicted molar refractivity (Wildman–Crippen MR) is 65.1 cm³/mol. The first-order valence-corrected chi connectivity index (χ1v) is 5.76. The van der Waals surface area contributed by atoms with Gasteiger partial charge in [-0.2, -0.15) is 0 Å². The van der Waals surface area contributed by atoms with Crippen molar-refractivity contribution in [1.29, 1.82) is 0 Å². The van der Waals surface area contributed by atoms with Gasteiger partial charge < -0.3 is 10.2 Å². The monoisotopic (exact) mass is 204 g/mol. The largest absolute Gasteiger partial charge is 0.382 e. The number of rotatable bonds is 2. The van der Waals surface area contributed by atoms with Crippen LogP contribution in [0.5, 0.6) is 0 Å². The summed E-state index contributed by atoms with van der Waals surface area (Å²) in [5, 5.41) is 3.62. The molecule has 2 nitrogen and oxygen atoms in total. The van der Waals surface area contributed by atoms with Gasteiger partial charge in [-0.1, -0.05) is 25.1 Å². The summed E-state index contributed by atoms with van der Waals surface area (Å²) in [6, 6.07) is 11.1. The van der Waals surface area contributed by atoms with Crippen molar-refractivity contribution in [3.8, 4) is 0 Å². The molecule has 0 amide bonds. The Morgan fingerprint density at radius 2 is 2.00 bits per heavy atom. The number of para-hydroxylation sites is 1. The summed E-state index contributed by atoms with van der Waals surface area (Å²) in [6.45, 7) is 4.73. The highest BCUT2D eigenvalue weighted by molar-refractivity contribution is 5.43. The van der Waals surface area contributed by atoms with Gasteiger partial charge in [-0.3, -0.25) is 0 Å². The Morgan fingerprint density at radius 3 is 2.67 bits per heavy atom. The van der Waals surface area contributed by atoms with Gasteiger partial charge in [-0.15, -0.1) is 0 Å². The second-order valence-corrected chi connectivity index (χ2v) is 4.65. The maximum Gasteiger partial charge on any atom is 0.0342 e. The van der Waals surface area contributed by atoms with E-state index in [-0.39, 0.29) is 0 Å². The molecule has 0 saturated carbocycles. The van der Waals surface area contributed by atoms with Gasteiger partial charge in [-0.25, -0.2) is 0 Å². The lowest BCUT2D eigenvalue weighted by atomic mass is 9.94. The van der Waals surface area contributed by atoms with E-state index < -0.39 is 0 Å². The molecule has 82 valence electrons. The van der Waals surface area contributed by atoms with Gasteiger partial charge >= 0.3 is 0 Å². The van der Waals surface area contributed by atoms with E-state index in [1.165, 1.54) is 25.2 Å². The summed E-state index contributed by atoms with van der Waals surface area (Å²) in [4.78, 5) is 2.41. The molecule has 1 aromatic rings. The Balaban J connectivity index is 1.95. The van der Waals surface area contributed by atoms with Crippen molar-refractivity contribution in [2.24, 2.45) is 5.92 Å². The maximum atomic E-state index is 3.62. The normalized spacial score (nSPS) is 27.6. The maximum absolute atomic E-state index is 3.62. The van der Waals surface area contributed by atoms with Gasteiger partial charge in [0.25, 0.3) is 0 Å². The highest BCUT2D eigenvalue weighted by Gasteiger charge is 2.23. The molecule has 0 aromatic heterocycles. The van der Waals surface area contributed by atoms with Gasteiger partial charge in [0.2, 0.25) is 0 Å². The number of piperidine rings is 1. The van der Waals surface area contributed by atoms with E-state index in [9.17, 15) is 0 Å². The topological polar surface area (TPSA) is 15.3 Å². The molecule has 0 bridgehead atoms. The van der Waals surface area contributed by atoms with Crippen LogP contribution < -0.4 is 5.32 Å². The SMILES string of the molecule is CC1CN(C)CCC1Nc1ccccc1. The first-order valence-electron chi connectivity index (χ1n) is 5.76. The standard InChI is InChI=1S/C13H20N2/c1-11-10-15(2)9-8-13(11)14-12-6-4-3-5-7-12/h3-7,11,13-14H,8-10H2,1-2H3. The lowest BCUT2D eigenvalue weighted by Crippen LogP contribution is -2.43. The van der Waals surface area contributed by atoms with Crippen molar-refractivity contribution < 1.29 is 0 Å². The van der Waals surface area contributed by atoms with E-state index in [0.29, 0.717) is 6.04 Å². The molecule has 2 atom stereocenters. The molecule has 1 N–H and O–H groups in total. The second-order valence-electron chi connectivity index (χ2n) is 4.65. The molecule has 1 aliphatic heterocycles. The quantitative estimate of drug-likeness (QED) is 0.796. The minimum absolute atomic E-state index is 0.628. The molecular weight excluding hydrogens is 184 g/mol. The fourth-order valence-electron chi connectivity index (χ4n) is 2.32. The number of likely N-dealkylation sites (tertiary alicyclic amines) is 1. The Kier molecular flexibility index (Phi) is 3.27. The molecule has 1 aliphatic rings. The molecule has 1 aromatic carbocycles. The Bertz CT molecular complexity index is 297. The highest BCUT2D eigenvalue weighted by Crippen LogP contribution is 2.19. The van der Waals surface area contributed by atoms with Gasteiger partial charge in [-0.05, 0) is 38.1 Å². The lowest BCUT2D eigenvalue weighted by molar-refractivity contribution is 0.206. The fourth-order valence-corrected chi connectivity index (χ4v) is 2.32. The Labute approximate surface area is 92.3 Å². The van der Waals surface area contributed by atoms with Crippen LogP contribution in [-0.4, -0.2) is 31.1 Å². The van der Waals surface area contributed by atoms with Crippen LogP contribution in [0.2, 0.25) is 0 Å². The fraction of sp³-hybridized carbons (Fsp3) is 0.538. The predicted octanol–water partition coefficient (Wildman–Crippen LogP) is 2.44.